The number of nitrogens with zero attached hydrogens (tertiary/aromatic N) is 5. The Morgan fingerprint density at radius 2 is 2.04 bits per heavy atom. The highest BCUT2D eigenvalue weighted by atomic mass is 32.1. The molecule has 0 atom stereocenters. The average molecular weight is 364 g/mol. The van der Waals surface area contributed by atoms with Gasteiger partial charge in [-0.1, -0.05) is 36.7 Å². The molecule has 0 aliphatic heterocycles. The van der Waals surface area contributed by atoms with Crippen molar-refractivity contribution in [2.24, 2.45) is 0 Å². The summed E-state index contributed by atoms with van der Waals surface area (Å²) in [6.07, 6.45) is 11.7. The van der Waals surface area contributed by atoms with E-state index >= 15 is 0 Å². The Labute approximate surface area is 155 Å². The summed E-state index contributed by atoms with van der Waals surface area (Å²) in [6.45, 7) is 0.743. The molecule has 0 saturated heterocycles. The molecule has 3 aromatic heterocycles. The summed E-state index contributed by atoms with van der Waals surface area (Å²) in [5.74, 6) is 0. The molecule has 5 rings (SSSR count). The molecule has 3 heterocycles. The van der Waals surface area contributed by atoms with Crippen LogP contribution >= 0.6 is 11.3 Å². The number of hydrogen-bond acceptors (Lipinski definition) is 6. The van der Waals surface area contributed by atoms with E-state index in [1.807, 2.05) is 6.33 Å². The van der Waals surface area contributed by atoms with Crippen LogP contribution in [-0.2, 0) is 6.54 Å². The van der Waals surface area contributed by atoms with Crippen molar-refractivity contribution >= 4 is 37.8 Å². The van der Waals surface area contributed by atoms with Crippen LogP contribution in [0.5, 0.6) is 0 Å². The van der Waals surface area contributed by atoms with E-state index in [9.17, 15) is 0 Å². The highest BCUT2D eigenvalue weighted by Gasteiger charge is 2.15. The number of anilines is 1. The van der Waals surface area contributed by atoms with Crippen molar-refractivity contribution in [1.29, 1.82) is 0 Å². The van der Waals surface area contributed by atoms with E-state index in [2.05, 4.69) is 43.0 Å². The molecule has 1 aliphatic carbocycles. The third-order valence-electron chi connectivity index (χ3n) is 5.02. The standard InChI is InChI=1S/C19H20N6S/c1-2-4-14(5-3-1)23-19-24-15-7-6-13(8-17(15)26-19)10-25-12-22-16-9-20-11-21-18(16)25/h6-9,11-12,14H,1-5,10H2,(H,23,24). The lowest BCUT2D eigenvalue weighted by Gasteiger charge is -2.22. The maximum Gasteiger partial charge on any atom is 0.184 e. The molecule has 4 aromatic rings. The van der Waals surface area contributed by atoms with Gasteiger partial charge in [0, 0.05) is 6.04 Å². The fourth-order valence-corrected chi connectivity index (χ4v) is 4.68. The first kappa shape index (κ1) is 15.7. The number of fused-ring (bicyclic) bond motifs is 2. The van der Waals surface area contributed by atoms with E-state index in [-0.39, 0.29) is 0 Å². The largest absolute Gasteiger partial charge is 0.359 e. The zero-order valence-corrected chi connectivity index (χ0v) is 15.2. The molecular weight excluding hydrogens is 344 g/mol. The second-order valence-corrected chi connectivity index (χ2v) is 7.94. The van der Waals surface area contributed by atoms with Crippen LogP contribution in [0.3, 0.4) is 0 Å². The first-order valence-electron chi connectivity index (χ1n) is 9.12. The predicted molar refractivity (Wildman–Crippen MR) is 105 cm³/mol. The summed E-state index contributed by atoms with van der Waals surface area (Å²) in [4.78, 5) is 17.5. The van der Waals surface area contributed by atoms with Crippen LogP contribution in [-0.4, -0.2) is 30.5 Å². The van der Waals surface area contributed by atoms with Crippen molar-refractivity contribution in [3.63, 3.8) is 0 Å². The SMILES string of the molecule is c1ncc2ncn(Cc3ccc4nc(NC5CCCCC5)sc4c3)c2n1. The third kappa shape index (κ3) is 3.03. The van der Waals surface area contributed by atoms with Gasteiger partial charge in [-0.25, -0.2) is 19.9 Å². The number of aromatic nitrogens is 5. The van der Waals surface area contributed by atoms with Crippen molar-refractivity contribution < 1.29 is 0 Å². The minimum Gasteiger partial charge on any atom is -0.359 e. The van der Waals surface area contributed by atoms with Gasteiger partial charge in [0.15, 0.2) is 10.8 Å². The first-order chi connectivity index (χ1) is 12.8. The minimum absolute atomic E-state index is 0.584. The molecule has 0 spiro atoms. The summed E-state index contributed by atoms with van der Waals surface area (Å²) in [5.41, 5.74) is 3.98. The zero-order chi connectivity index (χ0) is 17.3. The first-order valence-corrected chi connectivity index (χ1v) is 9.94. The van der Waals surface area contributed by atoms with Gasteiger partial charge in [-0.3, -0.25) is 0 Å². The maximum atomic E-state index is 4.76. The Hall–Kier alpha value is -2.54. The quantitative estimate of drug-likeness (QED) is 0.587. The van der Waals surface area contributed by atoms with Crippen LogP contribution in [0, 0.1) is 0 Å². The van der Waals surface area contributed by atoms with Crippen LogP contribution in [0.2, 0.25) is 0 Å². The Morgan fingerprint density at radius 1 is 1.12 bits per heavy atom. The summed E-state index contributed by atoms with van der Waals surface area (Å²) in [5, 5.41) is 4.68. The molecule has 7 heteroatoms. The molecule has 0 amide bonds. The molecule has 1 fully saturated rings. The second-order valence-electron chi connectivity index (χ2n) is 6.90. The molecule has 0 radical (unpaired) electrons. The maximum absolute atomic E-state index is 4.76. The molecule has 0 unspecified atom stereocenters. The zero-order valence-electron chi connectivity index (χ0n) is 14.4. The summed E-state index contributed by atoms with van der Waals surface area (Å²) < 4.78 is 3.28. The van der Waals surface area contributed by atoms with Gasteiger partial charge in [-0.2, -0.15) is 0 Å². The molecule has 1 aliphatic rings. The van der Waals surface area contributed by atoms with E-state index in [1.165, 1.54) is 42.4 Å². The van der Waals surface area contributed by atoms with Crippen molar-refractivity contribution in [3.8, 4) is 0 Å². The number of rotatable bonds is 4. The monoisotopic (exact) mass is 364 g/mol. The van der Waals surface area contributed by atoms with Gasteiger partial charge in [0.1, 0.15) is 11.8 Å². The fraction of sp³-hybridized carbons (Fsp3) is 0.368. The van der Waals surface area contributed by atoms with Crippen molar-refractivity contribution in [1.82, 2.24) is 24.5 Å². The smallest absolute Gasteiger partial charge is 0.184 e. The van der Waals surface area contributed by atoms with Crippen LogP contribution in [0.1, 0.15) is 37.7 Å². The molecule has 1 aromatic carbocycles. The van der Waals surface area contributed by atoms with Gasteiger partial charge >= 0.3 is 0 Å². The number of thiazole rings is 1. The molecule has 0 bridgehead atoms. The normalized spacial score (nSPS) is 15.7. The number of nitrogens with one attached hydrogen (secondary N) is 1. The highest BCUT2D eigenvalue weighted by molar-refractivity contribution is 7.22. The molecule has 26 heavy (non-hydrogen) atoms. The Kier molecular flexibility index (Phi) is 4.01. The van der Waals surface area contributed by atoms with Gasteiger partial charge in [0.25, 0.3) is 0 Å². The predicted octanol–water partition coefficient (Wildman–Crippen LogP) is 4.23. The average Bonchev–Trinajstić information content (AvgIpc) is 3.26. The van der Waals surface area contributed by atoms with E-state index in [0.717, 1.165) is 28.4 Å². The highest BCUT2D eigenvalue weighted by Crippen LogP contribution is 2.30. The summed E-state index contributed by atoms with van der Waals surface area (Å²) in [6, 6.07) is 7.06. The van der Waals surface area contributed by atoms with Gasteiger partial charge in [-0.15, -0.1) is 0 Å². The van der Waals surface area contributed by atoms with E-state index in [4.69, 9.17) is 4.98 Å². The van der Waals surface area contributed by atoms with Crippen LogP contribution in [0.4, 0.5) is 5.13 Å². The van der Waals surface area contributed by atoms with Crippen LogP contribution < -0.4 is 5.32 Å². The molecular formula is C19H20N6S. The lowest BCUT2D eigenvalue weighted by molar-refractivity contribution is 0.462. The Bertz CT molecular complexity index is 1050. The van der Waals surface area contributed by atoms with Gasteiger partial charge < -0.3 is 9.88 Å². The lowest BCUT2D eigenvalue weighted by Crippen LogP contribution is -2.21. The molecule has 1 N–H and O–H groups in total. The molecule has 1 saturated carbocycles. The van der Waals surface area contributed by atoms with E-state index < -0.39 is 0 Å². The topological polar surface area (TPSA) is 68.5 Å². The van der Waals surface area contributed by atoms with Gasteiger partial charge in [0.05, 0.1) is 29.3 Å². The van der Waals surface area contributed by atoms with Crippen molar-refractivity contribution in [2.45, 2.75) is 44.7 Å². The summed E-state index contributed by atoms with van der Waals surface area (Å²) in [7, 11) is 0. The Balaban J connectivity index is 1.39. The number of hydrogen-bond donors (Lipinski definition) is 1. The fourth-order valence-electron chi connectivity index (χ4n) is 3.68. The molecule has 132 valence electrons. The number of imidazole rings is 1. The Morgan fingerprint density at radius 3 is 2.96 bits per heavy atom. The molecule has 6 nitrogen and oxygen atoms in total. The van der Waals surface area contributed by atoms with E-state index in [0.29, 0.717) is 6.04 Å². The number of benzene rings is 1. The minimum atomic E-state index is 0.584. The lowest BCUT2D eigenvalue weighted by atomic mass is 9.96. The van der Waals surface area contributed by atoms with Crippen LogP contribution in [0.25, 0.3) is 21.4 Å². The second kappa shape index (κ2) is 6.64. The van der Waals surface area contributed by atoms with Crippen molar-refractivity contribution in [3.05, 3.63) is 42.6 Å². The third-order valence-corrected chi connectivity index (χ3v) is 5.97. The van der Waals surface area contributed by atoms with Gasteiger partial charge in [0.2, 0.25) is 0 Å². The summed E-state index contributed by atoms with van der Waals surface area (Å²) >= 11 is 1.75. The van der Waals surface area contributed by atoms with Crippen LogP contribution in [0.15, 0.2) is 37.1 Å². The van der Waals surface area contributed by atoms with E-state index in [1.54, 1.807) is 23.9 Å². The van der Waals surface area contributed by atoms with Crippen molar-refractivity contribution in [2.75, 3.05) is 5.32 Å². The van der Waals surface area contributed by atoms with Gasteiger partial charge in [-0.05, 0) is 30.5 Å².